The summed E-state index contributed by atoms with van der Waals surface area (Å²) in [6, 6.07) is 5.42. The van der Waals surface area contributed by atoms with Gasteiger partial charge in [0.15, 0.2) is 0 Å². The Morgan fingerprint density at radius 1 is 1.39 bits per heavy atom. The molecule has 2 aliphatic heterocycles. The minimum atomic E-state index is -0.309. The zero-order valence-electron chi connectivity index (χ0n) is 10.4. The van der Waals surface area contributed by atoms with Crippen molar-refractivity contribution in [1.29, 1.82) is 0 Å². The number of aryl methyl sites for hydroxylation is 1. The van der Waals surface area contributed by atoms with Crippen LogP contribution in [0, 0.1) is 18.7 Å². The fraction of sp³-hybridized carbons (Fsp3) is 0.500. The van der Waals surface area contributed by atoms with Crippen LogP contribution < -0.4 is 10.6 Å². The zero-order chi connectivity index (χ0) is 12.7. The Balaban J connectivity index is 1.70. The Morgan fingerprint density at radius 3 is 2.83 bits per heavy atom. The number of rotatable bonds is 2. The molecule has 2 heterocycles. The highest BCUT2D eigenvalue weighted by Gasteiger charge is 2.42. The van der Waals surface area contributed by atoms with Crippen molar-refractivity contribution in [2.45, 2.75) is 38.3 Å². The van der Waals surface area contributed by atoms with Crippen molar-refractivity contribution in [3.05, 3.63) is 29.6 Å². The summed E-state index contributed by atoms with van der Waals surface area (Å²) in [6.45, 7) is 1.82. The summed E-state index contributed by atoms with van der Waals surface area (Å²) in [6.07, 6.45) is 3.16. The molecule has 3 atom stereocenters. The molecular formula is C14H17FN2O. The lowest BCUT2D eigenvalue weighted by atomic mass is 9.88. The molecule has 0 aliphatic carbocycles. The second-order valence-electron chi connectivity index (χ2n) is 5.40. The third-order valence-corrected chi connectivity index (χ3v) is 3.95. The molecule has 0 spiro atoms. The van der Waals surface area contributed by atoms with Gasteiger partial charge < -0.3 is 10.6 Å². The van der Waals surface area contributed by atoms with E-state index in [-0.39, 0.29) is 17.6 Å². The summed E-state index contributed by atoms with van der Waals surface area (Å²) in [4.78, 5) is 12.2. The fourth-order valence-electron chi connectivity index (χ4n) is 3.16. The first-order chi connectivity index (χ1) is 8.61. The van der Waals surface area contributed by atoms with Crippen LogP contribution in [0.25, 0.3) is 0 Å². The minimum absolute atomic E-state index is 0.0136. The van der Waals surface area contributed by atoms with Crippen molar-refractivity contribution >= 4 is 11.6 Å². The fourth-order valence-corrected chi connectivity index (χ4v) is 3.16. The van der Waals surface area contributed by atoms with Crippen molar-refractivity contribution in [2.24, 2.45) is 5.92 Å². The van der Waals surface area contributed by atoms with E-state index in [1.165, 1.54) is 18.6 Å². The Bertz CT molecular complexity index is 468. The molecule has 1 amide bonds. The van der Waals surface area contributed by atoms with Crippen molar-refractivity contribution < 1.29 is 9.18 Å². The molecule has 18 heavy (non-hydrogen) atoms. The van der Waals surface area contributed by atoms with E-state index in [0.717, 1.165) is 18.4 Å². The van der Waals surface area contributed by atoms with Gasteiger partial charge in [0.05, 0.1) is 5.92 Å². The molecule has 3 rings (SSSR count). The second kappa shape index (κ2) is 4.35. The van der Waals surface area contributed by atoms with Gasteiger partial charge in [-0.2, -0.15) is 0 Å². The van der Waals surface area contributed by atoms with Crippen LogP contribution in [-0.4, -0.2) is 18.0 Å². The Kier molecular flexibility index (Phi) is 2.82. The van der Waals surface area contributed by atoms with Crippen molar-refractivity contribution in [2.75, 3.05) is 5.32 Å². The van der Waals surface area contributed by atoms with E-state index in [2.05, 4.69) is 10.6 Å². The van der Waals surface area contributed by atoms with E-state index in [1.807, 2.05) is 6.92 Å². The number of hydrogen-bond donors (Lipinski definition) is 2. The summed E-state index contributed by atoms with van der Waals surface area (Å²) in [5.41, 5.74) is 1.37. The predicted molar refractivity (Wildman–Crippen MR) is 67.8 cm³/mol. The van der Waals surface area contributed by atoms with Crippen LogP contribution in [-0.2, 0) is 4.79 Å². The Hall–Kier alpha value is -1.42. The highest BCUT2D eigenvalue weighted by atomic mass is 19.1. The molecule has 3 unspecified atom stereocenters. The van der Waals surface area contributed by atoms with Crippen LogP contribution in [0.1, 0.15) is 24.8 Å². The smallest absolute Gasteiger partial charge is 0.229 e. The second-order valence-corrected chi connectivity index (χ2v) is 5.40. The largest absolute Gasteiger partial charge is 0.326 e. The summed E-state index contributed by atoms with van der Waals surface area (Å²) >= 11 is 0. The molecule has 1 aromatic rings. The number of carbonyl (C=O) groups is 1. The van der Waals surface area contributed by atoms with Gasteiger partial charge in [0.25, 0.3) is 0 Å². The molecule has 0 aromatic heterocycles. The van der Waals surface area contributed by atoms with Gasteiger partial charge in [-0.1, -0.05) is 0 Å². The molecule has 2 fully saturated rings. The first-order valence-corrected chi connectivity index (χ1v) is 6.46. The van der Waals surface area contributed by atoms with Crippen molar-refractivity contribution in [3.63, 3.8) is 0 Å². The van der Waals surface area contributed by atoms with E-state index in [9.17, 15) is 9.18 Å². The summed E-state index contributed by atoms with van der Waals surface area (Å²) in [5.74, 6) is -0.261. The molecular weight excluding hydrogens is 231 g/mol. The number of hydrogen-bond acceptors (Lipinski definition) is 2. The lowest BCUT2D eigenvalue weighted by Crippen LogP contribution is -2.32. The van der Waals surface area contributed by atoms with Crippen LogP contribution >= 0.6 is 0 Å². The van der Waals surface area contributed by atoms with Gasteiger partial charge in [0, 0.05) is 17.8 Å². The maximum atomic E-state index is 13.2. The van der Waals surface area contributed by atoms with E-state index in [0.29, 0.717) is 17.8 Å². The number of fused-ring (bicyclic) bond motifs is 2. The predicted octanol–water partition coefficient (Wildman–Crippen LogP) is 2.21. The average molecular weight is 248 g/mol. The van der Waals surface area contributed by atoms with Gasteiger partial charge in [0.2, 0.25) is 5.91 Å². The first-order valence-electron chi connectivity index (χ1n) is 6.46. The number of halogens is 1. The molecule has 4 heteroatoms. The normalized spacial score (nSPS) is 29.6. The van der Waals surface area contributed by atoms with Gasteiger partial charge in [0.1, 0.15) is 5.82 Å². The SMILES string of the molecule is Cc1cc(F)cc(NC(=O)C2CC3CCC2N3)c1. The highest BCUT2D eigenvalue weighted by molar-refractivity contribution is 5.93. The van der Waals surface area contributed by atoms with Gasteiger partial charge in [-0.25, -0.2) is 4.39 Å². The topological polar surface area (TPSA) is 41.1 Å². The van der Waals surface area contributed by atoms with Crippen LogP contribution in [0.4, 0.5) is 10.1 Å². The van der Waals surface area contributed by atoms with Gasteiger partial charge in [-0.15, -0.1) is 0 Å². The van der Waals surface area contributed by atoms with E-state index in [4.69, 9.17) is 0 Å². The van der Waals surface area contributed by atoms with Gasteiger partial charge in [-0.05, 0) is 49.9 Å². The highest BCUT2D eigenvalue weighted by Crippen LogP contribution is 2.33. The van der Waals surface area contributed by atoms with Crippen LogP contribution in [0.3, 0.4) is 0 Å². The lowest BCUT2D eigenvalue weighted by Gasteiger charge is -2.19. The quantitative estimate of drug-likeness (QED) is 0.842. The summed E-state index contributed by atoms with van der Waals surface area (Å²) < 4.78 is 13.2. The molecule has 1 aromatic carbocycles. The molecule has 2 N–H and O–H groups in total. The summed E-state index contributed by atoms with van der Waals surface area (Å²) in [5, 5.41) is 6.26. The summed E-state index contributed by atoms with van der Waals surface area (Å²) in [7, 11) is 0. The average Bonchev–Trinajstić information content (AvgIpc) is 2.88. The van der Waals surface area contributed by atoms with Crippen molar-refractivity contribution in [1.82, 2.24) is 5.32 Å². The van der Waals surface area contributed by atoms with E-state index >= 15 is 0 Å². The Labute approximate surface area is 106 Å². The van der Waals surface area contributed by atoms with Crippen molar-refractivity contribution in [3.8, 4) is 0 Å². The van der Waals surface area contributed by atoms with Crippen LogP contribution in [0.2, 0.25) is 0 Å². The van der Waals surface area contributed by atoms with Crippen LogP contribution in [0.15, 0.2) is 18.2 Å². The first kappa shape index (κ1) is 11.7. The number of benzene rings is 1. The minimum Gasteiger partial charge on any atom is -0.326 e. The van der Waals surface area contributed by atoms with E-state index < -0.39 is 0 Å². The molecule has 0 radical (unpaired) electrons. The number of anilines is 1. The maximum Gasteiger partial charge on any atom is 0.229 e. The molecule has 96 valence electrons. The number of nitrogens with one attached hydrogen (secondary N) is 2. The zero-order valence-corrected chi connectivity index (χ0v) is 10.4. The Morgan fingerprint density at radius 2 is 2.22 bits per heavy atom. The number of carbonyl (C=O) groups excluding carboxylic acids is 1. The molecule has 2 saturated heterocycles. The third kappa shape index (κ3) is 2.12. The molecule has 2 bridgehead atoms. The molecule has 0 saturated carbocycles. The van der Waals surface area contributed by atoms with Gasteiger partial charge >= 0.3 is 0 Å². The monoisotopic (exact) mass is 248 g/mol. The maximum absolute atomic E-state index is 13.2. The molecule has 2 aliphatic rings. The van der Waals surface area contributed by atoms with Gasteiger partial charge in [-0.3, -0.25) is 4.79 Å². The standard InChI is InChI=1S/C14H17FN2O/c1-8-4-9(15)6-11(5-8)17-14(18)12-7-10-2-3-13(12)16-10/h4-6,10,12-13,16H,2-3,7H2,1H3,(H,17,18). The number of amides is 1. The van der Waals surface area contributed by atoms with E-state index in [1.54, 1.807) is 6.07 Å². The molecule has 3 nitrogen and oxygen atoms in total. The lowest BCUT2D eigenvalue weighted by molar-refractivity contribution is -0.120. The third-order valence-electron chi connectivity index (χ3n) is 3.95. The van der Waals surface area contributed by atoms with Crippen LogP contribution in [0.5, 0.6) is 0 Å².